The minimum atomic E-state index is -0.860. The fourth-order valence-corrected chi connectivity index (χ4v) is 4.23. The molecule has 2 saturated heterocycles. The summed E-state index contributed by atoms with van der Waals surface area (Å²) in [7, 11) is 2.19. The van der Waals surface area contributed by atoms with Crippen molar-refractivity contribution in [1.82, 2.24) is 24.6 Å². The molecule has 2 fully saturated rings. The number of rotatable bonds is 3. The molecule has 0 atom stereocenters. The second-order valence-electron chi connectivity index (χ2n) is 7.47. The first-order chi connectivity index (χ1) is 12.6. The van der Waals surface area contributed by atoms with Crippen molar-refractivity contribution in [3.05, 3.63) is 42.0 Å². The highest BCUT2D eigenvalue weighted by atomic mass is 19.2. The van der Waals surface area contributed by atoms with Gasteiger partial charge in [-0.1, -0.05) is 0 Å². The summed E-state index contributed by atoms with van der Waals surface area (Å²) >= 11 is 0. The van der Waals surface area contributed by atoms with Crippen molar-refractivity contribution in [2.75, 3.05) is 33.2 Å². The van der Waals surface area contributed by atoms with E-state index in [0.29, 0.717) is 17.6 Å². The van der Waals surface area contributed by atoms with Crippen LogP contribution in [-0.2, 0) is 0 Å². The Kier molecular flexibility index (Phi) is 5.00. The van der Waals surface area contributed by atoms with Crippen molar-refractivity contribution in [1.29, 1.82) is 0 Å². The second kappa shape index (κ2) is 7.40. The fourth-order valence-electron chi connectivity index (χ4n) is 4.23. The third-order valence-electron chi connectivity index (χ3n) is 5.82. The molecule has 0 N–H and O–H groups in total. The van der Waals surface area contributed by atoms with Crippen LogP contribution in [0.5, 0.6) is 0 Å². The average molecular weight is 361 g/mol. The molecule has 1 aromatic carbocycles. The molecule has 3 heterocycles. The number of hydrogen-bond acceptors (Lipinski definition) is 4. The van der Waals surface area contributed by atoms with E-state index >= 15 is 0 Å². The predicted molar refractivity (Wildman–Crippen MR) is 95.3 cm³/mol. The van der Waals surface area contributed by atoms with E-state index in [1.807, 2.05) is 0 Å². The summed E-state index contributed by atoms with van der Waals surface area (Å²) in [6, 6.07) is 4.56. The Morgan fingerprint density at radius 1 is 0.962 bits per heavy atom. The number of halogens is 2. The van der Waals surface area contributed by atoms with Crippen molar-refractivity contribution in [3.63, 3.8) is 0 Å². The van der Waals surface area contributed by atoms with Gasteiger partial charge in [0.1, 0.15) is 12.2 Å². The molecule has 1 aromatic heterocycles. The minimum absolute atomic E-state index is 0.299. The first-order valence-electron chi connectivity index (χ1n) is 9.40. The summed E-state index contributed by atoms with van der Waals surface area (Å²) < 4.78 is 28.4. The SMILES string of the molecule is CN1CCC(N2CCC(c3ncnn3-c3ccc(F)c(F)c3)CC2)CC1. The lowest BCUT2D eigenvalue weighted by Crippen LogP contribution is -2.46. The fraction of sp³-hybridized carbons (Fsp3) is 0.579. The minimum Gasteiger partial charge on any atom is -0.306 e. The number of hydrogen-bond donors (Lipinski definition) is 0. The molecule has 0 saturated carbocycles. The number of aromatic nitrogens is 3. The Morgan fingerprint density at radius 2 is 1.69 bits per heavy atom. The first-order valence-corrected chi connectivity index (χ1v) is 9.40. The molecule has 0 bridgehead atoms. The normalized spacial score (nSPS) is 21.3. The van der Waals surface area contributed by atoms with Crippen LogP contribution in [0.3, 0.4) is 0 Å². The van der Waals surface area contributed by atoms with E-state index in [-0.39, 0.29) is 0 Å². The Morgan fingerprint density at radius 3 is 2.38 bits per heavy atom. The molecule has 2 aliphatic rings. The maximum atomic E-state index is 13.6. The summed E-state index contributed by atoms with van der Waals surface area (Å²) in [4.78, 5) is 9.44. The topological polar surface area (TPSA) is 37.2 Å². The number of nitrogens with zero attached hydrogens (tertiary/aromatic N) is 5. The molecule has 0 amide bonds. The van der Waals surface area contributed by atoms with Crippen molar-refractivity contribution in [3.8, 4) is 5.69 Å². The van der Waals surface area contributed by atoms with Crippen LogP contribution in [0.15, 0.2) is 24.5 Å². The Hall–Kier alpha value is -1.86. The van der Waals surface area contributed by atoms with Crippen LogP contribution in [0.4, 0.5) is 8.78 Å². The highest BCUT2D eigenvalue weighted by Gasteiger charge is 2.30. The summed E-state index contributed by atoms with van der Waals surface area (Å²) in [5.41, 5.74) is 0.522. The summed E-state index contributed by atoms with van der Waals surface area (Å²) in [5.74, 6) is -0.560. The lowest BCUT2D eigenvalue weighted by atomic mass is 9.93. The third-order valence-corrected chi connectivity index (χ3v) is 5.82. The molecule has 0 aliphatic carbocycles. The van der Waals surface area contributed by atoms with Crippen LogP contribution in [0.2, 0.25) is 0 Å². The van der Waals surface area contributed by atoms with Gasteiger partial charge in [-0.05, 0) is 71.0 Å². The van der Waals surface area contributed by atoms with E-state index in [1.54, 1.807) is 10.7 Å². The molecule has 0 unspecified atom stereocenters. The zero-order valence-corrected chi connectivity index (χ0v) is 15.1. The third kappa shape index (κ3) is 3.50. The molecule has 2 aromatic rings. The highest BCUT2D eigenvalue weighted by molar-refractivity contribution is 5.33. The van der Waals surface area contributed by atoms with Gasteiger partial charge in [0, 0.05) is 18.0 Å². The van der Waals surface area contributed by atoms with Crippen molar-refractivity contribution in [2.45, 2.75) is 37.6 Å². The van der Waals surface area contributed by atoms with E-state index in [0.717, 1.165) is 37.8 Å². The first kappa shape index (κ1) is 17.5. The lowest BCUT2D eigenvalue weighted by molar-refractivity contribution is 0.0954. The van der Waals surface area contributed by atoms with Gasteiger partial charge in [-0.25, -0.2) is 18.4 Å². The monoisotopic (exact) mass is 361 g/mol. The molecular weight excluding hydrogens is 336 g/mol. The maximum absolute atomic E-state index is 13.6. The van der Waals surface area contributed by atoms with Gasteiger partial charge in [0.25, 0.3) is 0 Å². The number of piperidine rings is 2. The largest absolute Gasteiger partial charge is 0.306 e. The quantitative estimate of drug-likeness (QED) is 0.843. The van der Waals surface area contributed by atoms with Crippen LogP contribution in [0.1, 0.15) is 37.4 Å². The van der Waals surface area contributed by atoms with Gasteiger partial charge in [0.05, 0.1) is 5.69 Å². The smallest absolute Gasteiger partial charge is 0.160 e. The maximum Gasteiger partial charge on any atom is 0.160 e. The summed E-state index contributed by atoms with van der Waals surface area (Å²) in [6.45, 7) is 4.47. The van der Waals surface area contributed by atoms with Gasteiger partial charge >= 0.3 is 0 Å². The van der Waals surface area contributed by atoms with Gasteiger partial charge < -0.3 is 9.80 Å². The van der Waals surface area contributed by atoms with E-state index in [9.17, 15) is 8.78 Å². The average Bonchev–Trinajstić information content (AvgIpc) is 3.15. The van der Waals surface area contributed by atoms with Crippen LogP contribution in [0, 0.1) is 11.6 Å². The summed E-state index contributed by atoms with van der Waals surface area (Å²) in [6.07, 6.45) is 6.03. The molecule has 4 rings (SSSR count). The van der Waals surface area contributed by atoms with Crippen molar-refractivity contribution >= 4 is 0 Å². The molecule has 0 radical (unpaired) electrons. The van der Waals surface area contributed by atoms with Gasteiger partial charge in [0.15, 0.2) is 11.6 Å². The molecular formula is C19H25F2N5. The number of benzene rings is 1. The van der Waals surface area contributed by atoms with Crippen LogP contribution in [-0.4, -0.2) is 63.8 Å². The molecule has 26 heavy (non-hydrogen) atoms. The molecule has 140 valence electrons. The zero-order valence-electron chi connectivity index (χ0n) is 15.1. The van der Waals surface area contributed by atoms with E-state index in [2.05, 4.69) is 26.9 Å². The van der Waals surface area contributed by atoms with Gasteiger partial charge in [-0.2, -0.15) is 5.10 Å². The highest BCUT2D eigenvalue weighted by Crippen LogP contribution is 2.30. The van der Waals surface area contributed by atoms with Crippen molar-refractivity contribution in [2.24, 2.45) is 0 Å². The van der Waals surface area contributed by atoms with Gasteiger partial charge in [0.2, 0.25) is 0 Å². The van der Waals surface area contributed by atoms with Crippen molar-refractivity contribution < 1.29 is 8.78 Å². The molecule has 5 nitrogen and oxygen atoms in total. The Labute approximate surface area is 152 Å². The molecule has 0 spiro atoms. The standard InChI is InChI=1S/C19H25F2N5/c1-24-8-6-15(7-9-24)25-10-4-14(5-11-25)19-22-13-23-26(19)16-2-3-17(20)18(21)12-16/h2-3,12-15H,4-11H2,1H3. The Balaban J connectivity index is 1.44. The Bertz CT molecular complexity index is 746. The van der Waals surface area contributed by atoms with E-state index in [1.165, 1.54) is 38.3 Å². The summed E-state index contributed by atoms with van der Waals surface area (Å²) in [5, 5.41) is 4.25. The van der Waals surface area contributed by atoms with Crippen LogP contribution >= 0.6 is 0 Å². The number of likely N-dealkylation sites (tertiary alicyclic amines) is 2. The molecule has 2 aliphatic heterocycles. The van der Waals surface area contributed by atoms with Crippen LogP contribution < -0.4 is 0 Å². The predicted octanol–water partition coefficient (Wildman–Crippen LogP) is 2.82. The molecule has 7 heteroatoms. The van der Waals surface area contributed by atoms with Gasteiger partial charge in [-0.3, -0.25) is 0 Å². The zero-order chi connectivity index (χ0) is 18.1. The van der Waals surface area contributed by atoms with E-state index in [4.69, 9.17) is 0 Å². The van der Waals surface area contributed by atoms with Gasteiger partial charge in [-0.15, -0.1) is 0 Å². The lowest BCUT2D eigenvalue weighted by Gasteiger charge is -2.40. The van der Waals surface area contributed by atoms with Crippen LogP contribution in [0.25, 0.3) is 5.69 Å². The second-order valence-corrected chi connectivity index (χ2v) is 7.47. The van der Waals surface area contributed by atoms with E-state index < -0.39 is 11.6 Å².